The number of aryl methyl sites for hydroxylation is 1. The zero-order valence-electron chi connectivity index (χ0n) is 10.5. The standard InChI is InChI=1S/C14H17N3O/c1-10-12-4-2-3-5-13(12)14(16-15-10)17(8-9-18)11-6-7-11/h2-5,11,18H,6-9H2,1H3. The Bertz CT molecular complexity index is 566. The zero-order chi connectivity index (χ0) is 12.5. The number of aliphatic hydroxyl groups excluding tert-OH is 1. The van der Waals surface area contributed by atoms with Crippen LogP contribution in [0, 0.1) is 6.92 Å². The maximum absolute atomic E-state index is 9.21. The molecule has 0 atom stereocenters. The molecule has 1 aromatic carbocycles. The largest absolute Gasteiger partial charge is 0.395 e. The van der Waals surface area contributed by atoms with Crippen molar-refractivity contribution in [1.82, 2.24) is 10.2 Å². The number of hydrogen-bond acceptors (Lipinski definition) is 4. The van der Waals surface area contributed by atoms with E-state index in [9.17, 15) is 5.11 Å². The van der Waals surface area contributed by atoms with Gasteiger partial charge >= 0.3 is 0 Å². The first kappa shape index (κ1) is 11.4. The molecule has 0 unspecified atom stereocenters. The van der Waals surface area contributed by atoms with Crippen molar-refractivity contribution in [2.75, 3.05) is 18.1 Å². The Labute approximate surface area is 106 Å². The number of nitrogens with zero attached hydrogens (tertiary/aromatic N) is 3. The van der Waals surface area contributed by atoms with Crippen molar-refractivity contribution in [3.8, 4) is 0 Å². The normalized spacial score (nSPS) is 15.0. The molecule has 0 spiro atoms. The number of benzene rings is 1. The fourth-order valence-electron chi connectivity index (χ4n) is 2.39. The highest BCUT2D eigenvalue weighted by molar-refractivity contribution is 5.93. The first-order valence-corrected chi connectivity index (χ1v) is 6.41. The van der Waals surface area contributed by atoms with Crippen molar-refractivity contribution >= 4 is 16.6 Å². The van der Waals surface area contributed by atoms with E-state index in [0.29, 0.717) is 12.6 Å². The first-order valence-electron chi connectivity index (χ1n) is 6.41. The number of aliphatic hydroxyl groups is 1. The van der Waals surface area contributed by atoms with Crippen molar-refractivity contribution in [3.05, 3.63) is 30.0 Å². The summed E-state index contributed by atoms with van der Waals surface area (Å²) < 4.78 is 0. The molecule has 3 rings (SSSR count). The third kappa shape index (κ3) is 1.93. The second-order valence-corrected chi connectivity index (χ2v) is 4.80. The van der Waals surface area contributed by atoms with Crippen LogP contribution in [0.1, 0.15) is 18.5 Å². The lowest BCUT2D eigenvalue weighted by atomic mass is 10.1. The first-order chi connectivity index (χ1) is 8.81. The molecule has 1 fully saturated rings. The van der Waals surface area contributed by atoms with Gasteiger partial charge in [0.2, 0.25) is 0 Å². The van der Waals surface area contributed by atoms with Crippen molar-refractivity contribution in [2.45, 2.75) is 25.8 Å². The molecule has 1 saturated carbocycles. The topological polar surface area (TPSA) is 49.2 Å². The molecule has 1 aromatic heterocycles. The second-order valence-electron chi connectivity index (χ2n) is 4.80. The summed E-state index contributed by atoms with van der Waals surface area (Å²) in [5, 5.41) is 20.1. The Hall–Kier alpha value is -1.68. The summed E-state index contributed by atoms with van der Waals surface area (Å²) in [4.78, 5) is 2.19. The highest BCUT2D eigenvalue weighted by Gasteiger charge is 2.30. The van der Waals surface area contributed by atoms with Gasteiger partial charge in [0.05, 0.1) is 12.3 Å². The van der Waals surface area contributed by atoms with Gasteiger partial charge in [0.1, 0.15) is 0 Å². The molecule has 94 valence electrons. The van der Waals surface area contributed by atoms with Gasteiger partial charge < -0.3 is 10.0 Å². The van der Waals surface area contributed by atoms with Crippen LogP contribution in [0.15, 0.2) is 24.3 Å². The molecular formula is C14H17N3O. The van der Waals surface area contributed by atoms with Crippen LogP contribution in [0.2, 0.25) is 0 Å². The van der Waals surface area contributed by atoms with Gasteiger partial charge in [0, 0.05) is 23.4 Å². The highest BCUT2D eigenvalue weighted by Crippen LogP contribution is 2.34. The number of hydrogen-bond donors (Lipinski definition) is 1. The van der Waals surface area contributed by atoms with E-state index in [1.165, 1.54) is 12.8 Å². The second kappa shape index (κ2) is 4.53. The average molecular weight is 243 g/mol. The quantitative estimate of drug-likeness (QED) is 0.891. The van der Waals surface area contributed by atoms with Crippen LogP contribution in [0.5, 0.6) is 0 Å². The van der Waals surface area contributed by atoms with Crippen LogP contribution in [0.3, 0.4) is 0 Å². The molecule has 0 aliphatic heterocycles. The van der Waals surface area contributed by atoms with E-state index in [-0.39, 0.29) is 6.61 Å². The molecule has 0 bridgehead atoms. The third-order valence-electron chi connectivity index (χ3n) is 3.45. The van der Waals surface area contributed by atoms with E-state index in [2.05, 4.69) is 27.2 Å². The van der Waals surface area contributed by atoms with E-state index in [0.717, 1.165) is 22.3 Å². The molecule has 0 radical (unpaired) electrons. The van der Waals surface area contributed by atoms with Crippen LogP contribution in [0.4, 0.5) is 5.82 Å². The predicted molar refractivity (Wildman–Crippen MR) is 71.7 cm³/mol. The molecule has 1 aliphatic carbocycles. The van der Waals surface area contributed by atoms with Gasteiger partial charge in [-0.2, -0.15) is 5.10 Å². The van der Waals surface area contributed by atoms with Gasteiger partial charge in [-0.25, -0.2) is 0 Å². The molecule has 2 aromatic rings. The number of anilines is 1. The summed E-state index contributed by atoms with van der Waals surface area (Å²) in [6.07, 6.45) is 2.37. The van der Waals surface area contributed by atoms with Gasteiger partial charge in [-0.05, 0) is 19.8 Å². The van der Waals surface area contributed by atoms with E-state index in [1.54, 1.807) is 0 Å². The number of aromatic nitrogens is 2. The minimum atomic E-state index is 0.153. The van der Waals surface area contributed by atoms with Gasteiger partial charge in [-0.1, -0.05) is 24.3 Å². The summed E-state index contributed by atoms with van der Waals surface area (Å²) in [6, 6.07) is 8.73. The monoisotopic (exact) mass is 243 g/mol. The SMILES string of the molecule is Cc1nnc(N(CCO)C2CC2)c2ccccc12. The van der Waals surface area contributed by atoms with Gasteiger partial charge in [-0.15, -0.1) is 5.10 Å². The van der Waals surface area contributed by atoms with Gasteiger partial charge in [-0.3, -0.25) is 0 Å². The Morgan fingerprint density at radius 3 is 2.61 bits per heavy atom. The molecule has 4 heteroatoms. The predicted octanol–water partition coefficient (Wildman–Crippen LogP) is 1.90. The van der Waals surface area contributed by atoms with Crippen molar-refractivity contribution < 1.29 is 5.11 Å². The molecule has 0 amide bonds. The van der Waals surface area contributed by atoms with E-state index in [4.69, 9.17) is 0 Å². The molecule has 18 heavy (non-hydrogen) atoms. The fourth-order valence-corrected chi connectivity index (χ4v) is 2.39. The van der Waals surface area contributed by atoms with Crippen LogP contribution in [-0.2, 0) is 0 Å². The van der Waals surface area contributed by atoms with Crippen LogP contribution in [-0.4, -0.2) is 34.5 Å². The Kier molecular flexibility index (Phi) is 2.88. The van der Waals surface area contributed by atoms with Crippen molar-refractivity contribution in [2.24, 2.45) is 0 Å². The summed E-state index contributed by atoms with van der Waals surface area (Å²) in [7, 11) is 0. The van der Waals surface area contributed by atoms with E-state index in [1.807, 2.05) is 19.1 Å². The van der Waals surface area contributed by atoms with E-state index >= 15 is 0 Å². The third-order valence-corrected chi connectivity index (χ3v) is 3.45. The van der Waals surface area contributed by atoms with Gasteiger partial charge in [0.25, 0.3) is 0 Å². The van der Waals surface area contributed by atoms with Gasteiger partial charge in [0.15, 0.2) is 5.82 Å². The van der Waals surface area contributed by atoms with Crippen LogP contribution >= 0.6 is 0 Å². The minimum absolute atomic E-state index is 0.153. The molecule has 1 aliphatic rings. The molecule has 0 saturated heterocycles. The lowest BCUT2D eigenvalue weighted by Gasteiger charge is -2.23. The fraction of sp³-hybridized carbons (Fsp3) is 0.429. The van der Waals surface area contributed by atoms with Crippen LogP contribution in [0.25, 0.3) is 10.8 Å². The summed E-state index contributed by atoms with van der Waals surface area (Å²) in [5.41, 5.74) is 0.953. The molecular weight excluding hydrogens is 226 g/mol. The average Bonchev–Trinajstić information content (AvgIpc) is 3.22. The smallest absolute Gasteiger partial charge is 0.159 e. The molecule has 1 N–H and O–H groups in total. The van der Waals surface area contributed by atoms with Crippen molar-refractivity contribution in [3.63, 3.8) is 0 Å². The highest BCUT2D eigenvalue weighted by atomic mass is 16.3. The Balaban J connectivity index is 2.12. The zero-order valence-corrected chi connectivity index (χ0v) is 10.5. The summed E-state index contributed by atoms with van der Waals surface area (Å²) in [6.45, 7) is 2.76. The number of fused-ring (bicyclic) bond motifs is 1. The summed E-state index contributed by atoms with van der Waals surface area (Å²) in [5.74, 6) is 0.910. The van der Waals surface area contributed by atoms with Crippen molar-refractivity contribution in [1.29, 1.82) is 0 Å². The minimum Gasteiger partial charge on any atom is -0.395 e. The lowest BCUT2D eigenvalue weighted by molar-refractivity contribution is 0.301. The molecule has 1 heterocycles. The summed E-state index contributed by atoms with van der Waals surface area (Å²) >= 11 is 0. The van der Waals surface area contributed by atoms with Crippen LogP contribution < -0.4 is 4.90 Å². The Morgan fingerprint density at radius 1 is 1.22 bits per heavy atom. The lowest BCUT2D eigenvalue weighted by Crippen LogP contribution is -2.30. The maximum Gasteiger partial charge on any atom is 0.159 e. The number of rotatable bonds is 4. The Morgan fingerprint density at radius 2 is 1.94 bits per heavy atom. The van der Waals surface area contributed by atoms with E-state index < -0.39 is 0 Å². The molecule has 4 nitrogen and oxygen atoms in total. The maximum atomic E-state index is 9.21.